The third-order valence-electron chi connectivity index (χ3n) is 5.72. The molecule has 5 aromatic rings. The van der Waals surface area contributed by atoms with Crippen LogP contribution in [0.25, 0.3) is 10.1 Å². The van der Waals surface area contributed by atoms with Gasteiger partial charge in [0.1, 0.15) is 10.6 Å². The molecule has 5 rings (SSSR count). The summed E-state index contributed by atoms with van der Waals surface area (Å²) in [5.41, 5.74) is 4.24. The first-order valence-corrected chi connectivity index (χ1v) is 13.4. The van der Waals surface area contributed by atoms with Crippen LogP contribution in [0.2, 0.25) is 10.0 Å². The Morgan fingerprint density at radius 1 is 0.775 bits per heavy atom. The third-order valence-corrected chi connectivity index (χ3v) is 7.63. The number of anilines is 1. The lowest BCUT2D eigenvalue weighted by Crippen LogP contribution is -2.18. The lowest BCUT2D eigenvalue weighted by Gasteiger charge is -2.07. The smallest absolute Gasteiger partial charge is 0.355 e. The lowest BCUT2D eigenvalue weighted by molar-refractivity contribution is 0.0739. The van der Waals surface area contributed by atoms with Gasteiger partial charge >= 0.3 is 5.97 Å². The maximum absolute atomic E-state index is 12.9. The molecule has 1 heterocycles. The van der Waals surface area contributed by atoms with Gasteiger partial charge in [-0.25, -0.2) is 10.2 Å². The van der Waals surface area contributed by atoms with Crippen LogP contribution in [0.15, 0.2) is 102 Å². The minimum atomic E-state index is -0.584. The first-order valence-electron chi connectivity index (χ1n) is 11.9. The van der Waals surface area contributed by atoms with E-state index in [1.165, 1.54) is 17.6 Å². The fourth-order valence-electron chi connectivity index (χ4n) is 3.71. The zero-order valence-electron chi connectivity index (χ0n) is 20.6. The predicted octanol–water partition coefficient (Wildman–Crippen LogP) is 7.44. The van der Waals surface area contributed by atoms with E-state index in [-0.39, 0.29) is 11.7 Å². The second-order valence-corrected chi connectivity index (χ2v) is 10.3. The van der Waals surface area contributed by atoms with Crippen LogP contribution in [0.3, 0.4) is 0 Å². The Labute approximate surface area is 243 Å². The van der Waals surface area contributed by atoms with Gasteiger partial charge in [-0.15, -0.1) is 11.3 Å². The number of esters is 1. The van der Waals surface area contributed by atoms with E-state index in [1.54, 1.807) is 72.8 Å². The highest BCUT2D eigenvalue weighted by atomic mass is 35.5. The molecule has 0 aliphatic carbocycles. The molecule has 10 heteroatoms. The fourth-order valence-corrected chi connectivity index (χ4v) is 5.22. The van der Waals surface area contributed by atoms with Crippen LogP contribution in [-0.2, 0) is 0 Å². The van der Waals surface area contributed by atoms with Crippen molar-refractivity contribution in [2.45, 2.75) is 0 Å². The maximum Gasteiger partial charge on any atom is 0.355 e. The molecule has 2 amide bonds. The normalized spacial score (nSPS) is 10.9. The number of hydrogen-bond acceptors (Lipinski definition) is 6. The van der Waals surface area contributed by atoms with E-state index in [9.17, 15) is 14.4 Å². The summed E-state index contributed by atoms with van der Waals surface area (Å²) in [6.45, 7) is 0. The number of rotatable bonds is 7. The Morgan fingerprint density at radius 2 is 1.43 bits per heavy atom. The number of carbonyl (C=O) groups is 3. The number of benzene rings is 4. The number of hydrazone groups is 1. The average molecular weight is 588 g/mol. The van der Waals surface area contributed by atoms with Crippen LogP contribution in [0.1, 0.15) is 36.0 Å². The zero-order valence-corrected chi connectivity index (χ0v) is 22.9. The molecule has 0 radical (unpaired) electrons. The largest absolute Gasteiger partial charge is 0.422 e. The predicted molar refractivity (Wildman–Crippen MR) is 159 cm³/mol. The standard InChI is InChI=1S/C30H19Cl2N3O4S/c31-21-13-9-18(10-14-21)28(36)34-22-15-11-19(12-16-22)29(37)35-33-17-20-5-1-3-7-24(20)39-30(38)27-26(32)23-6-2-4-8-25(23)40-27/h1-17H,(H,34,36)(H,35,37)/b33-17-. The van der Waals surface area contributed by atoms with E-state index < -0.39 is 11.9 Å². The summed E-state index contributed by atoms with van der Waals surface area (Å²) < 4.78 is 6.49. The summed E-state index contributed by atoms with van der Waals surface area (Å²) in [7, 11) is 0. The van der Waals surface area contributed by atoms with Gasteiger partial charge in [-0.2, -0.15) is 5.10 Å². The zero-order chi connectivity index (χ0) is 28.1. The highest BCUT2D eigenvalue weighted by molar-refractivity contribution is 7.21. The molecule has 0 aliphatic heterocycles. The van der Waals surface area contributed by atoms with Gasteiger partial charge < -0.3 is 10.1 Å². The summed E-state index contributed by atoms with van der Waals surface area (Å²) in [4.78, 5) is 38.1. The number of nitrogens with one attached hydrogen (secondary N) is 2. The number of nitrogens with zero attached hydrogens (tertiary/aromatic N) is 1. The van der Waals surface area contributed by atoms with Crippen LogP contribution < -0.4 is 15.5 Å². The number of thiophene rings is 1. The molecule has 0 bridgehead atoms. The van der Waals surface area contributed by atoms with Crippen molar-refractivity contribution in [2.75, 3.05) is 5.32 Å². The van der Waals surface area contributed by atoms with Crippen molar-refractivity contribution in [3.63, 3.8) is 0 Å². The average Bonchev–Trinajstić information content (AvgIpc) is 3.31. The van der Waals surface area contributed by atoms with Gasteiger partial charge in [-0.3, -0.25) is 9.59 Å². The van der Waals surface area contributed by atoms with Crippen molar-refractivity contribution in [3.05, 3.63) is 129 Å². The van der Waals surface area contributed by atoms with Gasteiger partial charge in [0.15, 0.2) is 0 Å². The van der Waals surface area contributed by atoms with Crippen LogP contribution in [0, 0.1) is 0 Å². The maximum atomic E-state index is 12.9. The molecule has 0 fully saturated rings. The highest BCUT2D eigenvalue weighted by Crippen LogP contribution is 2.36. The number of halogens is 2. The van der Waals surface area contributed by atoms with Crippen LogP contribution >= 0.6 is 34.5 Å². The summed E-state index contributed by atoms with van der Waals surface area (Å²) in [6.07, 6.45) is 1.38. The van der Waals surface area contributed by atoms with E-state index in [4.69, 9.17) is 27.9 Å². The SMILES string of the molecule is O=C(N/N=C\c1ccccc1OC(=O)c1sc2ccccc2c1Cl)c1ccc(NC(=O)c2ccc(Cl)cc2)cc1. The monoisotopic (exact) mass is 587 g/mol. The molecule has 7 nitrogen and oxygen atoms in total. The Hall–Kier alpha value is -4.50. The number of carbonyl (C=O) groups excluding carboxylic acids is 3. The number of ether oxygens (including phenoxy) is 1. The molecule has 0 saturated carbocycles. The van der Waals surface area contributed by atoms with E-state index in [2.05, 4.69) is 15.8 Å². The fraction of sp³-hybridized carbons (Fsp3) is 0. The van der Waals surface area contributed by atoms with Gasteiger partial charge in [-0.1, -0.05) is 53.5 Å². The van der Waals surface area contributed by atoms with E-state index in [0.717, 1.165) is 10.1 Å². The number of fused-ring (bicyclic) bond motifs is 1. The number of amides is 2. The number of hydrogen-bond donors (Lipinski definition) is 2. The second-order valence-electron chi connectivity index (χ2n) is 8.41. The van der Waals surface area contributed by atoms with Crippen molar-refractivity contribution < 1.29 is 19.1 Å². The molecule has 0 spiro atoms. The van der Waals surface area contributed by atoms with Crippen LogP contribution in [0.5, 0.6) is 5.75 Å². The molecule has 0 saturated heterocycles. The summed E-state index contributed by atoms with van der Waals surface area (Å²) >= 11 is 13.5. The van der Waals surface area contributed by atoms with E-state index >= 15 is 0 Å². The topological polar surface area (TPSA) is 96.9 Å². The van der Waals surface area contributed by atoms with Crippen LogP contribution in [-0.4, -0.2) is 24.0 Å². The Balaban J connectivity index is 1.21. The van der Waals surface area contributed by atoms with Gasteiger partial charge in [0.25, 0.3) is 11.8 Å². The molecule has 0 unspecified atom stereocenters. The minimum absolute atomic E-state index is 0.264. The Morgan fingerprint density at radius 3 is 2.17 bits per heavy atom. The third kappa shape index (κ3) is 6.21. The highest BCUT2D eigenvalue weighted by Gasteiger charge is 2.20. The van der Waals surface area contributed by atoms with Gasteiger partial charge in [0.05, 0.1) is 11.2 Å². The minimum Gasteiger partial charge on any atom is -0.422 e. The van der Waals surface area contributed by atoms with Gasteiger partial charge in [-0.05, 0) is 66.7 Å². The van der Waals surface area contributed by atoms with Crippen molar-refractivity contribution in [1.29, 1.82) is 0 Å². The van der Waals surface area contributed by atoms with Gasteiger partial charge in [0.2, 0.25) is 0 Å². The second kappa shape index (κ2) is 12.1. The quantitative estimate of drug-likeness (QED) is 0.0894. The first-order chi connectivity index (χ1) is 19.4. The van der Waals surface area contributed by atoms with Crippen molar-refractivity contribution in [3.8, 4) is 5.75 Å². The Bertz CT molecular complexity index is 1750. The molecule has 4 aromatic carbocycles. The van der Waals surface area contributed by atoms with Crippen molar-refractivity contribution in [1.82, 2.24) is 5.43 Å². The summed E-state index contributed by atoms with van der Waals surface area (Å²) in [6, 6.07) is 27.1. The molecule has 0 atom stereocenters. The van der Waals surface area contributed by atoms with Gasteiger partial charge in [0, 0.05) is 37.5 Å². The summed E-state index contributed by atoms with van der Waals surface area (Å²) in [5, 5.41) is 8.44. The molecular formula is C30H19Cl2N3O4S. The molecule has 2 N–H and O–H groups in total. The molecule has 40 heavy (non-hydrogen) atoms. The van der Waals surface area contributed by atoms with Crippen molar-refractivity contribution in [2.24, 2.45) is 5.10 Å². The first kappa shape index (κ1) is 27.1. The summed E-state index contributed by atoms with van der Waals surface area (Å²) in [5.74, 6) is -1.08. The lowest BCUT2D eigenvalue weighted by atomic mass is 10.1. The molecule has 0 aliphatic rings. The van der Waals surface area contributed by atoms with Crippen LogP contribution in [0.4, 0.5) is 5.69 Å². The molecule has 1 aromatic heterocycles. The number of para-hydroxylation sites is 1. The Kier molecular flexibility index (Phi) is 8.21. The van der Waals surface area contributed by atoms with Crippen molar-refractivity contribution >= 4 is 74.3 Å². The van der Waals surface area contributed by atoms with E-state index in [0.29, 0.717) is 37.3 Å². The van der Waals surface area contributed by atoms with E-state index in [1.807, 2.05) is 24.3 Å². The molecule has 198 valence electrons. The molecular weight excluding hydrogens is 569 g/mol.